The lowest BCUT2D eigenvalue weighted by molar-refractivity contribution is -0.114. The molecule has 82 valence electrons. The number of hydrogen-bond donors (Lipinski definition) is 0. The highest BCUT2D eigenvalue weighted by Crippen LogP contribution is 2.17. The van der Waals surface area contributed by atoms with E-state index in [0.29, 0.717) is 0 Å². The summed E-state index contributed by atoms with van der Waals surface area (Å²) in [5, 5.41) is 0. The number of carbonyl (C=O) groups is 1. The molecule has 2 rings (SSSR count). The van der Waals surface area contributed by atoms with Gasteiger partial charge in [0.05, 0.1) is 0 Å². The Bertz CT molecular complexity index is 376. The highest BCUT2D eigenvalue weighted by Gasteiger charge is 1.91. The molecule has 0 bridgehead atoms. The Kier molecular flexibility index (Phi) is 5.00. The summed E-state index contributed by atoms with van der Waals surface area (Å²) in [4.78, 5) is 9.44. The number of rotatable bonds is 1. The van der Waals surface area contributed by atoms with E-state index in [1.165, 1.54) is 25.0 Å². The molecule has 1 heteroatoms. The number of carbonyl (C=O) groups excluding carboxylic acids is 1. The standard InChI is InChI=1S/C12H10.C3H6O/c1-3-7-11(8-4-1)12-9-5-2-6-10-12;1-3(2)4/h1-10H;1-2H3. The third-order valence-corrected chi connectivity index (χ3v) is 1.88. The van der Waals surface area contributed by atoms with Crippen LogP contribution in [-0.2, 0) is 4.79 Å². The Balaban J connectivity index is 0.000000280. The second-order valence-electron chi connectivity index (χ2n) is 3.64. The van der Waals surface area contributed by atoms with Crippen LogP contribution >= 0.6 is 0 Å². The summed E-state index contributed by atoms with van der Waals surface area (Å²) in [7, 11) is 0. The van der Waals surface area contributed by atoms with Crippen LogP contribution in [0.4, 0.5) is 0 Å². The fourth-order valence-electron chi connectivity index (χ4n) is 1.26. The van der Waals surface area contributed by atoms with Crippen LogP contribution < -0.4 is 0 Å². The van der Waals surface area contributed by atoms with E-state index in [1.807, 2.05) is 12.1 Å². The van der Waals surface area contributed by atoms with Gasteiger partial charge in [0.1, 0.15) is 5.78 Å². The Morgan fingerprint density at radius 1 is 0.688 bits per heavy atom. The highest BCUT2D eigenvalue weighted by molar-refractivity contribution is 5.72. The van der Waals surface area contributed by atoms with Crippen molar-refractivity contribution in [2.24, 2.45) is 0 Å². The van der Waals surface area contributed by atoms with Gasteiger partial charge in [-0.3, -0.25) is 0 Å². The molecule has 1 nitrogen and oxygen atoms in total. The van der Waals surface area contributed by atoms with Gasteiger partial charge in [-0.15, -0.1) is 0 Å². The average molecular weight is 212 g/mol. The van der Waals surface area contributed by atoms with Crippen molar-refractivity contribution in [3.63, 3.8) is 0 Å². The molecule has 0 N–H and O–H groups in total. The molecule has 0 aliphatic heterocycles. The third kappa shape index (κ3) is 4.56. The van der Waals surface area contributed by atoms with Crippen molar-refractivity contribution >= 4 is 5.78 Å². The van der Waals surface area contributed by atoms with Crippen molar-refractivity contribution in [3.8, 4) is 11.1 Å². The number of hydrogen-bond acceptors (Lipinski definition) is 1. The fourth-order valence-corrected chi connectivity index (χ4v) is 1.26. The summed E-state index contributed by atoms with van der Waals surface area (Å²) >= 11 is 0. The monoisotopic (exact) mass is 212 g/mol. The maximum atomic E-state index is 9.44. The van der Waals surface area contributed by atoms with E-state index >= 15 is 0 Å². The van der Waals surface area contributed by atoms with E-state index in [4.69, 9.17) is 0 Å². The van der Waals surface area contributed by atoms with Crippen LogP contribution in [0.2, 0.25) is 0 Å². The number of ketones is 1. The summed E-state index contributed by atoms with van der Waals surface area (Å²) in [6, 6.07) is 20.8. The lowest BCUT2D eigenvalue weighted by atomic mass is 10.1. The first-order valence-corrected chi connectivity index (χ1v) is 5.28. The quantitative estimate of drug-likeness (QED) is 0.699. The molecule has 0 aliphatic carbocycles. The minimum atomic E-state index is 0.167. The van der Waals surface area contributed by atoms with E-state index in [0.717, 1.165) is 0 Å². The van der Waals surface area contributed by atoms with Gasteiger partial charge in [0, 0.05) is 0 Å². The molecule has 0 heterocycles. The van der Waals surface area contributed by atoms with Crippen molar-refractivity contribution in [2.75, 3.05) is 0 Å². The maximum absolute atomic E-state index is 9.44. The Morgan fingerprint density at radius 3 is 1.19 bits per heavy atom. The third-order valence-electron chi connectivity index (χ3n) is 1.88. The molecule has 0 atom stereocenters. The molecule has 0 spiro atoms. The Labute approximate surface area is 96.8 Å². The van der Waals surface area contributed by atoms with Crippen LogP contribution in [0.25, 0.3) is 11.1 Å². The second-order valence-corrected chi connectivity index (χ2v) is 3.64. The molecule has 2 aromatic rings. The summed E-state index contributed by atoms with van der Waals surface area (Å²) in [6.45, 7) is 3.06. The van der Waals surface area contributed by atoms with E-state index in [-0.39, 0.29) is 5.78 Å². The van der Waals surface area contributed by atoms with Crippen LogP contribution in [0, 0.1) is 0 Å². The molecule has 0 saturated carbocycles. The van der Waals surface area contributed by atoms with Crippen LogP contribution in [0.1, 0.15) is 13.8 Å². The van der Waals surface area contributed by atoms with Gasteiger partial charge in [-0.2, -0.15) is 0 Å². The largest absolute Gasteiger partial charge is 0.300 e. The SMILES string of the molecule is CC(C)=O.c1ccc(-c2ccccc2)cc1. The first-order valence-electron chi connectivity index (χ1n) is 5.28. The molecule has 0 radical (unpaired) electrons. The Hall–Kier alpha value is -1.89. The molecule has 0 unspecified atom stereocenters. The minimum absolute atomic E-state index is 0.167. The van der Waals surface area contributed by atoms with Crippen molar-refractivity contribution in [2.45, 2.75) is 13.8 Å². The van der Waals surface area contributed by atoms with Crippen LogP contribution in [0.15, 0.2) is 60.7 Å². The molecule has 2 aromatic carbocycles. The molecule has 0 aliphatic rings. The molecule has 0 saturated heterocycles. The lowest BCUT2D eigenvalue weighted by Gasteiger charge is -1.98. The van der Waals surface area contributed by atoms with Crippen LogP contribution in [0.3, 0.4) is 0 Å². The zero-order valence-electron chi connectivity index (χ0n) is 9.68. The summed E-state index contributed by atoms with van der Waals surface area (Å²) < 4.78 is 0. The zero-order chi connectivity index (χ0) is 11.8. The molecule has 16 heavy (non-hydrogen) atoms. The predicted molar refractivity (Wildman–Crippen MR) is 68.2 cm³/mol. The molecule has 0 fully saturated rings. The van der Waals surface area contributed by atoms with Gasteiger partial charge in [-0.05, 0) is 25.0 Å². The van der Waals surface area contributed by atoms with Gasteiger partial charge in [-0.25, -0.2) is 0 Å². The van der Waals surface area contributed by atoms with Gasteiger partial charge in [0.25, 0.3) is 0 Å². The molecular weight excluding hydrogens is 196 g/mol. The van der Waals surface area contributed by atoms with E-state index in [1.54, 1.807) is 0 Å². The summed E-state index contributed by atoms with van der Waals surface area (Å²) in [5.41, 5.74) is 2.55. The first kappa shape index (κ1) is 12.2. The van der Waals surface area contributed by atoms with E-state index < -0.39 is 0 Å². The molecule has 0 aromatic heterocycles. The van der Waals surface area contributed by atoms with Gasteiger partial charge < -0.3 is 4.79 Å². The number of Topliss-reactive ketones (excluding diaryl/α,β-unsaturated/α-hetero) is 1. The molecule has 0 amide bonds. The topological polar surface area (TPSA) is 17.1 Å². The zero-order valence-corrected chi connectivity index (χ0v) is 9.68. The van der Waals surface area contributed by atoms with Gasteiger partial charge in [0.2, 0.25) is 0 Å². The Morgan fingerprint density at radius 2 is 0.938 bits per heavy atom. The molecular formula is C15H16O. The normalized spacial score (nSPS) is 8.88. The average Bonchev–Trinajstić information content (AvgIpc) is 2.31. The van der Waals surface area contributed by atoms with Crippen LogP contribution in [-0.4, -0.2) is 5.78 Å². The van der Waals surface area contributed by atoms with Crippen LogP contribution in [0.5, 0.6) is 0 Å². The van der Waals surface area contributed by atoms with Crippen molar-refractivity contribution < 1.29 is 4.79 Å². The van der Waals surface area contributed by atoms with Crippen molar-refractivity contribution in [1.82, 2.24) is 0 Å². The first-order chi connectivity index (χ1) is 7.70. The summed E-state index contributed by atoms with van der Waals surface area (Å²) in [5.74, 6) is 0.167. The second kappa shape index (κ2) is 6.57. The van der Waals surface area contributed by atoms with Crippen molar-refractivity contribution in [3.05, 3.63) is 60.7 Å². The highest BCUT2D eigenvalue weighted by atomic mass is 16.1. The lowest BCUT2D eigenvalue weighted by Crippen LogP contribution is -1.73. The van der Waals surface area contributed by atoms with Gasteiger partial charge in [0.15, 0.2) is 0 Å². The predicted octanol–water partition coefficient (Wildman–Crippen LogP) is 3.95. The van der Waals surface area contributed by atoms with Gasteiger partial charge >= 0.3 is 0 Å². The van der Waals surface area contributed by atoms with Gasteiger partial charge in [-0.1, -0.05) is 60.7 Å². The van der Waals surface area contributed by atoms with Crippen molar-refractivity contribution in [1.29, 1.82) is 0 Å². The summed E-state index contributed by atoms with van der Waals surface area (Å²) in [6.07, 6.45) is 0. The minimum Gasteiger partial charge on any atom is -0.300 e. The number of benzene rings is 2. The smallest absolute Gasteiger partial charge is 0.126 e. The fraction of sp³-hybridized carbons (Fsp3) is 0.133. The van der Waals surface area contributed by atoms with E-state index in [2.05, 4.69) is 48.5 Å². The van der Waals surface area contributed by atoms with E-state index in [9.17, 15) is 4.79 Å². The maximum Gasteiger partial charge on any atom is 0.126 e.